The SMILES string of the molecule is CC[C@H]1COCC(=O)N1c1cc(C2(S(C)(=O)=O)CCOCC2)cc(-c2ccc3[nH]c(CO)cc3n2)n1. The standard InChI is InChI=1S/C25H30N4O6S/c1-3-18-14-35-15-24(31)29(18)23-11-16(25(36(2,32)33)6-8-34-9-7-25)10-21(28-23)20-5-4-19-22(27-20)12-17(13-30)26-19/h4-5,10-12,18,26,30H,3,6-9,13-15H2,1-2H3/t18-/m0/s1. The van der Waals surface area contributed by atoms with Crippen LogP contribution in [0.25, 0.3) is 22.4 Å². The minimum Gasteiger partial charge on any atom is -0.390 e. The number of aromatic nitrogens is 3. The summed E-state index contributed by atoms with van der Waals surface area (Å²) >= 11 is 0. The number of aliphatic hydroxyl groups is 1. The molecule has 5 rings (SSSR count). The normalized spacial score (nSPS) is 20.7. The molecule has 0 saturated carbocycles. The first kappa shape index (κ1) is 24.8. The number of H-pyrrole nitrogens is 1. The van der Waals surface area contributed by atoms with Crippen molar-refractivity contribution in [3.63, 3.8) is 0 Å². The molecule has 10 nitrogen and oxygen atoms in total. The summed E-state index contributed by atoms with van der Waals surface area (Å²) in [7, 11) is -3.54. The van der Waals surface area contributed by atoms with Crippen LogP contribution >= 0.6 is 0 Å². The maximum Gasteiger partial charge on any atom is 0.254 e. The Bertz CT molecular complexity index is 1400. The average Bonchev–Trinajstić information content (AvgIpc) is 3.30. The van der Waals surface area contributed by atoms with Crippen molar-refractivity contribution >= 4 is 32.6 Å². The number of rotatable bonds is 6. The number of fused-ring (bicyclic) bond motifs is 1. The third-order valence-corrected chi connectivity index (χ3v) is 9.26. The third-order valence-electron chi connectivity index (χ3n) is 7.20. The fourth-order valence-corrected chi connectivity index (χ4v) is 6.60. The van der Waals surface area contributed by atoms with Gasteiger partial charge in [-0.2, -0.15) is 0 Å². The predicted molar refractivity (Wildman–Crippen MR) is 134 cm³/mol. The van der Waals surface area contributed by atoms with Gasteiger partial charge >= 0.3 is 0 Å². The summed E-state index contributed by atoms with van der Waals surface area (Å²) in [5, 5.41) is 9.48. The van der Waals surface area contributed by atoms with Crippen molar-refractivity contribution in [3.05, 3.63) is 41.6 Å². The van der Waals surface area contributed by atoms with Gasteiger partial charge < -0.3 is 19.6 Å². The van der Waals surface area contributed by atoms with E-state index >= 15 is 0 Å². The highest BCUT2D eigenvalue weighted by molar-refractivity contribution is 7.91. The van der Waals surface area contributed by atoms with E-state index in [1.807, 2.05) is 13.0 Å². The second kappa shape index (κ2) is 9.55. The number of carbonyl (C=O) groups excluding carboxylic acids is 1. The van der Waals surface area contributed by atoms with E-state index in [-0.39, 0.29) is 25.2 Å². The Labute approximate surface area is 209 Å². The van der Waals surface area contributed by atoms with Crippen LogP contribution in [0.5, 0.6) is 0 Å². The number of hydrogen-bond acceptors (Lipinski definition) is 8. The zero-order valence-corrected chi connectivity index (χ0v) is 21.2. The quantitative estimate of drug-likeness (QED) is 0.512. The van der Waals surface area contributed by atoms with Gasteiger partial charge in [0.2, 0.25) is 0 Å². The number of pyridine rings is 2. The molecule has 0 radical (unpaired) electrons. The summed E-state index contributed by atoms with van der Waals surface area (Å²) in [6.07, 6.45) is 2.54. The lowest BCUT2D eigenvalue weighted by atomic mass is 9.90. The van der Waals surface area contributed by atoms with Crippen LogP contribution in [0.1, 0.15) is 37.4 Å². The van der Waals surface area contributed by atoms with Crippen molar-refractivity contribution < 1.29 is 27.8 Å². The van der Waals surface area contributed by atoms with Crippen LogP contribution in [-0.4, -0.2) is 73.1 Å². The molecule has 0 aromatic carbocycles. The first-order valence-corrected chi connectivity index (χ1v) is 13.9. The topological polar surface area (TPSA) is 135 Å². The van der Waals surface area contributed by atoms with Crippen LogP contribution < -0.4 is 4.90 Å². The fourth-order valence-electron chi connectivity index (χ4n) is 5.15. The molecule has 3 aromatic rings. The third kappa shape index (κ3) is 4.30. The molecule has 11 heteroatoms. The monoisotopic (exact) mass is 514 g/mol. The maximum atomic E-state index is 13.2. The smallest absolute Gasteiger partial charge is 0.254 e. The first-order valence-electron chi connectivity index (χ1n) is 12.1. The molecular formula is C25H30N4O6S. The van der Waals surface area contributed by atoms with Crippen LogP contribution in [0.4, 0.5) is 5.82 Å². The molecule has 1 amide bonds. The summed E-state index contributed by atoms with van der Waals surface area (Å²) < 4.78 is 36.3. The Kier molecular flexibility index (Phi) is 6.58. The van der Waals surface area contributed by atoms with E-state index in [2.05, 4.69) is 4.98 Å². The maximum absolute atomic E-state index is 13.2. The Morgan fingerprint density at radius 3 is 2.61 bits per heavy atom. The van der Waals surface area contributed by atoms with E-state index in [9.17, 15) is 18.3 Å². The molecule has 0 spiro atoms. The van der Waals surface area contributed by atoms with Gasteiger partial charge in [0.15, 0.2) is 9.84 Å². The number of aliphatic hydroxyl groups excluding tert-OH is 1. The van der Waals surface area contributed by atoms with Gasteiger partial charge in [0.25, 0.3) is 5.91 Å². The molecule has 2 aliphatic rings. The van der Waals surface area contributed by atoms with Crippen LogP contribution in [-0.2, 0) is 35.5 Å². The van der Waals surface area contributed by atoms with E-state index in [4.69, 9.17) is 19.4 Å². The summed E-state index contributed by atoms with van der Waals surface area (Å²) in [5.74, 6) is 0.176. The van der Waals surface area contributed by atoms with Crippen molar-refractivity contribution in [2.75, 3.05) is 37.6 Å². The molecule has 0 bridgehead atoms. The lowest BCUT2D eigenvalue weighted by molar-refractivity contribution is -0.127. The summed E-state index contributed by atoms with van der Waals surface area (Å²) in [4.78, 5) is 27.2. The average molecular weight is 515 g/mol. The molecule has 3 aromatic heterocycles. The highest BCUT2D eigenvalue weighted by atomic mass is 32.2. The summed E-state index contributed by atoms with van der Waals surface area (Å²) in [5.41, 5.74) is 3.65. The Balaban J connectivity index is 1.72. The molecule has 0 unspecified atom stereocenters. The minimum atomic E-state index is -3.54. The van der Waals surface area contributed by atoms with E-state index in [0.29, 0.717) is 73.1 Å². The molecule has 5 heterocycles. The Morgan fingerprint density at radius 2 is 1.92 bits per heavy atom. The molecule has 2 saturated heterocycles. The molecule has 2 fully saturated rings. The van der Waals surface area contributed by atoms with Gasteiger partial charge in [0, 0.05) is 25.2 Å². The Hall–Kier alpha value is -2.86. The second-order valence-corrected chi connectivity index (χ2v) is 11.7. The molecule has 2 N–H and O–H groups in total. The van der Waals surface area contributed by atoms with Gasteiger partial charge in [0.05, 0.1) is 41.7 Å². The van der Waals surface area contributed by atoms with Crippen molar-refractivity contribution in [2.45, 2.75) is 43.6 Å². The number of hydrogen-bond donors (Lipinski definition) is 2. The van der Waals surface area contributed by atoms with Crippen LogP contribution in [0.2, 0.25) is 0 Å². The fraction of sp³-hybridized carbons (Fsp3) is 0.480. The number of carbonyl (C=O) groups is 1. The number of morpholine rings is 1. The Morgan fingerprint density at radius 1 is 1.14 bits per heavy atom. The van der Waals surface area contributed by atoms with Crippen molar-refractivity contribution in [3.8, 4) is 11.4 Å². The molecule has 192 valence electrons. The van der Waals surface area contributed by atoms with E-state index in [0.717, 1.165) is 5.52 Å². The van der Waals surface area contributed by atoms with E-state index < -0.39 is 14.6 Å². The number of aromatic amines is 1. The second-order valence-electron chi connectivity index (χ2n) is 9.40. The highest BCUT2D eigenvalue weighted by Gasteiger charge is 2.45. The van der Waals surface area contributed by atoms with Gasteiger partial charge in [-0.3, -0.25) is 9.69 Å². The van der Waals surface area contributed by atoms with Crippen LogP contribution in [0.3, 0.4) is 0 Å². The van der Waals surface area contributed by atoms with Crippen LogP contribution in [0, 0.1) is 0 Å². The summed E-state index contributed by atoms with van der Waals surface area (Å²) in [6.45, 7) is 2.81. The van der Waals surface area contributed by atoms with Gasteiger partial charge in [-0.1, -0.05) is 6.92 Å². The highest BCUT2D eigenvalue weighted by Crippen LogP contribution is 2.42. The van der Waals surface area contributed by atoms with E-state index in [1.165, 1.54) is 6.26 Å². The lowest BCUT2D eigenvalue weighted by Crippen LogP contribution is -2.50. The predicted octanol–water partition coefficient (Wildman–Crippen LogP) is 2.31. The van der Waals surface area contributed by atoms with Gasteiger partial charge in [-0.05, 0) is 55.2 Å². The van der Waals surface area contributed by atoms with Crippen LogP contribution in [0.15, 0.2) is 30.3 Å². The van der Waals surface area contributed by atoms with E-state index in [1.54, 1.807) is 29.2 Å². The van der Waals surface area contributed by atoms with Crippen molar-refractivity contribution in [1.29, 1.82) is 0 Å². The first-order chi connectivity index (χ1) is 17.3. The number of ether oxygens (including phenoxy) is 2. The molecular weight excluding hydrogens is 484 g/mol. The number of nitrogens with zero attached hydrogens (tertiary/aromatic N) is 3. The molecule has 1 atom stereocenters. The number of amides is 1. The summed E-state index contributed by atoms with van der Waals surface area (Å²) in [6, 6.07) is 8.71. The van der Waals surface area contributed by atoms with Crippen molar-refractivity contribution in [1.82, 2.24) is 15.0 Å². The molecule has 2 aliphatic heterocycles. The minimum absolute atomic E-state index is 0.0553. The zero-order valence-electron chi connectivity index (χ0n) is 20.4. The lowest BCUT2D eigenvalue weighted by Gasteiger charge is -2.38. The number of sulfone groups is 1. The molecule has 0 aliphatic carbocycles. The van der Waals surface area contributed by atoms with Gasteiger partial charge in [-0.15, -0.1) is 0 Å². The van der Waals surface area contributed by atoms with Crippen molar-refractivity contribution in [2.24, 2.45) is 0 Å². The zero-order chi connectivity index (χ0) is 25.5. The van der Waals surface area contributed by atoms with Gasteiger partial charge in [-0.25, -0.2) is 18.4 Å². The number of nitrogens with one attached hydrogen (secondary N) is 1. The largest absolute Gasteiger partial charge is 0.390 e. The van der Waals surface area contributed by atoms with Gasteiger partial charge in [0.1, 0.15) is 17.2 Å². The molecule has 36 heavy (non-hydrogen) atoms. The number of anilines is 1.